The molecule has 2 aromatic heterocycles. The largest absolute Gasteiger partial charge is 0.454 e. The molecule has 5 rings (SSSR count). The molecule has 1 N–H and O–H groups in total. The van der Waals surface area contributed by atoms with E-state index in [1.807, 2.05) is 44.2 Å². The maximum atomic E-state index is 12.8. The van der Waals surface area contributed by atoms with E-state index in [1.54, 1.807) is 31.3 Å². The Labute approximate surface area is 196 Å². The van der Waals surface area contributed by atoms with Crippen molar-refractivity contribution in [3.05, 3.63) is 87.7 Å². The molecule has 8 heteroatoms. The van der Waals surface area contributed by atoms with E-state index in [1.165, 1.54) is 11.0 Å². The number of H-pyrrole nitrogens is 1. The zero-order chi connectivity index (χ0) is 23.8. The van der Waals surface area contributed by atoms with Crippen LogP contribution in [-0.2, 0) is 11.3 Å². The van der Waals surface area contributed by atoms with Crippen LogP contribution in [0.1, 0.15) is 22.8 Å². The summed E-state index contributed by atoms with van der Waals surface area (Å²) < 4.78 is 13.0. The summed E-state index contributed by atoms with van der Waals surface area (Å²) in [6.45, 7) is 4.45. The van der Waals surface area contributed by atoms with Gasteiger partial charge in [0.1, 0.15) is 5.82 Å². The number of hydrogen-bond donors (Lipinski definition) is 1. The van der Waals surface area contributed by atoms with Crippen molar-refractivity contribution in [1.29, 1.82) is 0 Å². The van der Waals surface area contributed by atoms with Gasteiger partial charge in [0.15, 0.2) is 11.5 Å². The third-order valence-electron chi connectivity index (χ3n) is 5.92. The van der Waals surface area contributed by atoms with E-state index in [9.17, 15) is 9.59 Å². The third kappa shape index (κ3) is 3.94. The number of rotatable bonds is 5. The molecule has 1 aliphatic heterocycles. The molecule has 0 saturated carbocycles. The number of para-hydroxylation sites is 1. The molecule has 0 fully saturated rings. The number of hydrogen-bond acceptors (Lipinski definition) is 5. The summed E-state index contributed by atoms with van der Waals surface area (Å²) in [4.78, 5) is 33.8. The van der Waals surface area contributed by atoms with Gasteiger partial charge in [0, 0.05) is 36.3 Å². The topological polar surface area (TPSA) is 89.5 Å². The molecular weight excluding hydrogens is 432 g/mol. The highest BCUT2D eigenvalue weighted by molar-refractivity contribution is 5.91. The average molecular weight is 457 g/mol. The van der Waals surface area contributed by atoms with Crippen molar-refractivity contribution in [2.24, 2.45) is 0 Å². The number of amides is 1. The molecular formula is C26H24N4O4. The number of fused-ring (bicyclic) bond motifs is 2. The lowest BCUT2D eigenvalue weighted by atomic mass is 10.2. The summed E-state index contributed by atoms with van der Waals surface area (Å²) in [7, 11) is 1.68. The Hall–Kier alpha value is -4.33. The molecule has 0 bridgehead atoms. The summed E-state index contributed by atoms with van der Waals surface area (Å²) >= 11 is 0. The molecule has 0 radical (unpaired) electrons. The van der Waals surface area contributed by atoms with Crippen molar-refractivity contribution in [1.82, 2.24) is 19.4 Å². The first-order valence-corrected chi connectivity index (χ1v) is 10.9. The van der Waals surface area contributed by atoms with Gasteiger partial charge in [0.25, 0.3) is 5.56 Å². The van der Waals surface area contributed by atoms with E-state index >= 15 is 0 Å². The number of aromatic amines is 1. The second-order valence-corrected chi connectivity index (χ2v) is 8.26. The molecule has 34 heavy (non-hydrogen) atoms. The van der Waals surface area contributed by atoms with E-state index in [2.05, 4.69) is 14.5 Å². The Morgan fingerprint density at radius 1 is 1.15 bits per heavy atom. The average Bonchev–Trinajstić information content (AvgIpc) is 3.40. The van der Waals surface area contributed by atoms with Gasteiger partial charge >= 0.3 is 0 Å². The van der Waals surface area contributed by atoms with Crippen molar-refractivity contribution in [2.45, 2.75) is 20.4 Å². The highest BCUT2D eigenvalue weighted by atomic mass is 16.7. The molecule has 8 nitrogen and oxygen atoms in total. The molecule has 0 atom stereocenters. The van der Waals surface area contributed by atoms with Crippen LogP contribution >= 0.6 is 0 Å². The van der Waals surface area contributed by atoms with Crippen molar-refractivity contribution in [2.75, 3.05) is 13.8 Å². The first-order chi connectivity index (χ1) is 16.4. The predicted octanol–water partition coefficient (Wildman–Crippen LogP) is 3.73. The van der Waals surface area contributed by atoms with Crippen molar-refractivity contribution < 1.29 is 14.3 Å². The molecule has 172 valence electrons. The number of aromatic nitrogens is 3. The van der Waals surface area contributed by atoms with Crippen molar-refractivity contribution in [3.8, 4) is 17.2 Å². The second-order valence-electron chi connectivity index (χ2n) is 8.26. The quantitative estimate of drug-likeness (QED) is 0.462. The highest BCUT2D eigenvalue weighted by Crippen LogP contribution is 2.35. The zero-order valence-electron chi connectivity index (χ0n) is 19.2. The lowest BCUT2D eigenvalue weighted by Crippen LogP contribution is -2.26. The van der Waals surface area contributed by atoms with Crippen LogP contribution in [0.2, 0.25) is 0 Å². The maximum absolute atomic E-state index is 12.8. The zero-order valence-corrected chi connectivity index (χ0v) is 19.2. The van der Waals surface area contributed by atoms with E-state index < -0.39 is 0 Å². The number of likely N-dealkylation sites (N-methyl/N-ethyl adjacent to an activating group) is 1. The number of nitrogens with zero attached hydrogens (tertiary/aromatic N) is 3. The second kappa shape index (κ2) is 8.55. The first kappa shape index (κ1) is 21.5. The first-order valence-electron chi connectivity index (χ1n) is 10.9. The minimum atomic E-state index is -0.215. The van der Waals surface area contributed by atoms with Gasteiger partial charge in [-0.1, -0.05) is 12.1 Å². The molecule has 0 aliphatic carbocycles. The van der Waals surface area contributed by atoms with Crippen LogP contribution in [0.25, 0.3) is 22.7 Å². The van der Waals surface area contributed by atoms with Gasteiger partial charge in [0.2, 0.25) is 12.7 Å². The molecule has 2 aromatic carbocycles. The lowest BCUT2D eigenvalue weighted by Gasteiger charge is -2.14. The van der Waals surface area contributed by atoms with Crippen LogP contribution in [-0.4, -0.2) is 39.2 Å². The summed E-state index contributed by atoms with van der Waals surface area (Å²) in [5.74, 6) is 1.71. The van der Waals surface area contributed by atoms with Crippen LogP contribution in [0.5, 0.6) is 11.5 Å². The fourth-order valence-electron chi connectivity index (χ4n) is 4.18. The number of carbonyl (C=O) groups is 1. The fraction of sp³-hybridized carbons (Fsp3) is 0.192. The highest BCUT2D eigenvalue weighted by Gasteiger charge is 2.16. The van der Waals surface area contributed by atoms with Gasteiger partial charge in [-0.2, -0.15) is 0 Å². The van der Waals surface area contributed by atoms with Gasteiger partial charge in [0.05, 0.1) is 17.4 Å². The monoisotopic (exact) mass is 456 g/mol. The van der Waals surface area contributed by atoms with E-state index in [0.29, 0.717) is 16.7 Å². The minimum absolute atomic E-state index is 0.191. The summed E-state index contributed by atoms with van der Waals surface area (Å²) in [5, 5.41) is 0.526. The smallest absolute Gasteiger partial charge is 0.258 e. The molecule has 1 aliphatic rings. The summed E-state index contributed by atoms with van der Waals surface area (Å²) in [5.41, 5.74) is 4.34. The van der Waals surface area contributed by atoms with E-state index in [4.69, 9.17) is 9.47 Å². The Balaban J connectivity index is 1.34. The summed E-state index contributed by atoms with van der Waals surface area (Å²) in [6, 6.07) is 15.0. The van der Waals surface area contributed by atoms with Crippen LogP contribution in [0.4, 0.5) is 0 Å². The fourth-order valence-corrected chi connectivity index (χ4v) is 4.18. The van der Waals surface area contributed by atoms with Gasteiger partial charge in [-0.25, -0.2) is 4.98 Å². The third-order valence-corrected chi connectivity index (χ3v) is 5.92. The molecule has 0 unspecified atom stereocenters. The van der Waals surface area contributed by atoms with Crippen molar-refractivity contribution in [3.63, 3.8) is 0 Å². The number of aryl methyl sites for hydroxylation is 1. The molecule has 1 amide bonds. The standard InChI is InChI=1S/C26H24N4O4/c1-16-12-18(17(2)30(16)19-9-10-22-23(13-19)34-15-33-22)8-11-25(31)29(3)14-24-27-21-7-5-4-6-20(21)26(32)28-24/h4-13H,14-15H2,1-3H3,(H,27,28,32)/b11-8+. The lowest BCUT2D eigenvalue weighted by molar-refractivity contribution is -0.125. The van der Waals surface area contributed by atoms with Crippen molar-refractivity contribution >= 4 is 22.9 Å². The molecule has 3 heterocycles. The predicted molar refractivity (Wildman–Crippen MR) is 129 cm³/mol. The van der Waals surface area contributed by atoms with Gasteiger partial charge in [-0.3, -0.25) is 9.59 Å². The van der Waals surface area contributed by atoms with Gasteiger partial charge < -0.3 is 23.9 Å². The minimum Gasteiger partial charge on any atom is -0.454 e. The summed E-state index contributed by atoms with van der Waals surface area (Å²) in [6.07, 6.45) is 3.34. The normalized spacial score (nSPS) is 12.6. The maximum Gasteiger partial charge on any atom is 0.258 e. The van der Waals surface area contributed by atoms with Crippen LogP contribution in [0, 0.1) is 13.8 Å². The number of ether oxygens (including phenoxy) is 2. The molecule has 4 aromatic rings. The van der Waals surface area contributed by atoms with Crippen LogP contribution in [0.3, 0.4) is 0 Å². The Kier molecular flexibility index (Phi) is 5.41. The molecule has 0 spiro atoms. The van der Waals surface area contributed by atoms with E-state index in [0.717, 1.165) is 34.1 Å². The van der Waals surface area contributed by atoms with Gasteiger partial charge in [-0.05, 0) is 55.8 Å². The van der Waals surface area contributed by atoms with Crippen LogP contribution < -0.4 is 15.0 Å². The van der Waals surface area contributed by atoms with Crippen LogP contribution in [0.15, 0.2) is 59.4 Å². The molecule has 0 saturated heterocycles. The number of benzene rings is 2. The Bertz CT molecular complexity index is 1500. The van der Waals surface area contributed by atoms with E-state index in [-0.39, 0.29) is 24.8 Å². The number of carbonyl (C=O) groups excluding carboxylic acids is 1. The SMILES string of the molecule is Cc1cc(/C=C/C(=O)N(C)Cc2nc3ccccc3c(=O)[nH]2)c(C)n1-c1ccc2c(c1)OCO2. The number of nitrogens with one attached hydrogen (secondary N) is 1. The Morgan fingerprint density at radius 3 is 2.79 bits per heavy atom. The Morgan fingerprint density at radius 2 is 1.94 bits per heavy atom. The van der Waals surface area contributed by atoms with Gasteiger partial charge in [-0.15, -0.1) is 0 Å².